The molecule has 0 amide bonds. The monoisotopic (exact) mass is 311 g/mol. The molecule has 1 unspecified atom stereocenters. The molecule has 0 radical (unpaired) electrons. The van der Waals surface area contributed by atoms with Gasteiger partial charge in [-0.05, 0) is 12.1 Å². The van der Waals surface area contributed by atoms with Crippen molar-refractivity contribution in [3.8, 4) is 0 Å². The minimum Gasteiger partial charge on any atom is -0.468 e. The van der Waals surface area contributed by atoms with E-state index in [0.717, 1.165) is 13.2 Å². The number of methoxy groups -OCH3 is 1. The van der Waals surface area contributed by atoms with Gasteiger partial charge >= 0.3 is 5.97 Å². The third-order valence-corrected chi connectivity index (χ3v) is 3.95. The van der Waals surface area contributed by atoms with Crippen molar-refractivity contribution in [1.82, 2.24) is 4.72 Å². The topological polar surface area (TPSA) is 92.7 Å². The Labute approximate surface area is 114 Å². The lowest BCUT2D eigenvalue weighted by Crippen LogP contribution is -2.44. The number of hydrogen-bond donors (Lipinski definition) is 2. The maximum atomic E-state index is 13.6. The predicted octanol–water partition coefficient (Wildman–Crippen LogP) is 0.291. The van der Waals surface area contributed by atoms with E-state index < -0.39 is 39.4 Å². The van der Waals surface area contributed by atoms with Crippen LogP contribution in [0.3, 0.4) is 0 Å². The van der Waals surface area contributed by atoms with Gasteiger partial charge in [-0.25, -0.2) is 12.8 Å². The number of halogens is 2. The Kier molecular flexibility index (Phi) is 5.24. The summed E-state index contributed by atoms with van der Waals surface area (Å²) in [5.41, 5.74) is 0. The Morgan fingerprint density at radius 2 is 2.21 bits per heavy atom. The van der Waals surface area contributed by atoms with E-state index in [-0.39, 0.29) is 5.02 Å². The van der Waals surface area contributed by atoms with Crippen molar-refractivity contribution in [2.24, 2.45) is 0 Å². The number of carbonyl (C=O) groups is 1. The number of benzene rings is 1. The first-order valence-corrected chi connectivity index (χ1v) is 6.84. The van der Waals surface area contributed by atoms with Crippen molar-refractivity contribution in [3.63, 3.8) is 0 Å². The first kappa shape index (κ1) is 15.8. The van der Waals surface area contributed by atoms with Crippen LogP contribution in [-0.4, -0.2) is 39.3 Å². The van der Waals surface area contributed by atoms with Crippen LogP contribution in [0.2, 0.25) is 5.02 Å². The molecule has 0 aliphatic carbocycles. The van der Waals surface area contributed by atoms with Gasteiger partial charge in [-0.2, -0.15) is 4.72 Å². The molecule has 0 aliphatic rings. The summed E-state index contributed by atoms with van der Waals surface area (Å²) in [7, 11) is -3.32. The van der Waals surface area contributed by atoms with Gasteiger partial charge in [0, 0.05) is 0 Å². The number of hydrogen-bond acceptors (Lipinski definition) is 5. The number of sulfonamides is 1. The van der Waals surface area contributed by atoms with Crippen molar-refractivity contribution < 1.29 is 27.4 Å². The average molecular weight is 312 g/mol. The number of esters is 1. The smallest absolute Gasteiger partial charge is 0.326 e. The molecule has 1 aromatic carbocycles. The maximum absolute atomic E-state index is 13.6. The Morgan fingerprint density at radius 3 is 2.74 bits per heavy atom. The van der Waals surface area contributed by atoms with Gasteiger partial charge < -0.3 is 9.84 Å². The van der Waals surface area contributed by atoms with Crippen LogP contribution in [0.1, 0.15) is 0 Å². The SMILES string of the molecule is COC(=O)C(CO)NS(=O)(=O)c1cccc(Cl)c1F. The summed E-state index contributed by atoms with van der Waals surface area (Å²) in [6.45, 7) is -0.825. The molecule has 0 aliphatic heterocycles. The summed E-state index contributed by atoms with van der Waals surface area (Å²) in [4.78, 5) is 10.5. The van der Waals surface area contributed by atoms with E-state index >= 15 is 0 Å². The van der Waals surface area contributed by atoms with Gasteiger partial charge in [-0.3, -0.25) is 4.79 Å². The lowest BCUT2D eigenvalue weighted by atomic mass is 10.3. The zero-order valence-electron chi connectivity index (χ0n) is 9.76. The second-order valence-electron chi connectivity index (χ2n) is 3.43. The molecule has 0 saturated heterocycles. The van der Waals surface area contributed by atoms with Crippen molar-refractivity contribution in [2.45, 2.75) is 10.9 Å². The lowest BCUT2D eigenvalue weighted by molar-refractivity contribution is -0.143. The Bertz CT molecular complexity index is 577. The van der Waals surface area contributed by atoms with E-state index in [4.69, 9.17) is 16.7 Å². The second-order valence-corrected chi connectivity index (χ2v) is 5.52. The predicted molar refractivity (Wildman–Crippen MR) is 64.6 cm³/mol. The molecule has 0 fully saturated rings. The fraction of sp³-hybridized carbons (Fsp3) is 0.300. The molecule has 1 atom stereocenters. The molecule has 0 aromatic heterocycles. The largest absolute Gasteiger partial charge is 0.468 e. The molecule has 106 valence electrons. The second kappa shape index (κ2) is 6.29. The minimum atomic E-state index is -4.35. The summed E-state index contributed by atoms with van der Waals surface area (Å²) in [6, 6.07) is 1.88. The molecule has 9 heteroatoms. The van der Waals surface area contributed by atoms with E-state index in [1.54, 1.807) is 0 Å². The van der Waals surface area contributed by atoms with Crippen LogP contribution in [0.5, 0.6) is 0 Å². The van der Waals surface area contributed by atoms with Crippen molar-refractivity contribution in [3.05, 3.63) is 29.0 Å². The maximum Gasteiger partial charge on any atom is 0.326 e. The molecule has 0 saturated carbocycles. The quantitative estimate of drug-likeness (QED) is 0.763. The number of carbonyl (C=O) groups excluding carboxylic acids is 1. The van der Waals surface area contributed by atoms with Gasteiger partial charge in [0.2, 0.25) is 10.0 Å². The summed E-state index contributed by atoms with van der Waals surface area (Å²) >= 11 is 5.47. The van der Waals surface area contributed by atoms with Crippen LogP contribution in [0, 0.1) is 5.82 Å². The lowest BCUT2D eigenvalue weighted by Gasteiger charge is -2.14. The van der Waals surface area contributed by atoms with E-state index in [0.29, 0.717) is 0 Å². The average Bonchev–Trinajstić information content (AvgIpc) is 2.38. The zero-order valence-corrected chi connectivity index (χ0v) is 11.3. The number of aliphatic hydroxyl groups is 1. The van der Waals surface area contributed by atoms with Crippen LogP contribution in [0.15, 0.2) is 23.1 Å². The summed E-state index contributed by atoms with van der Waals surface area (Å²) in [5.74, 6) is -2.13. The Balaban J connectivity index is 3.11. The van der Waals surface area contributed by atoms with Gasteiger partial charge in [-0.1, -0.05) is 17.7 Å². The zero-order chi connectivity index (χ0) is 14.6. The van der Waals surface area contributed by atoms with Gasteiger partial charge in [-0.15, -0.1) is 0 Å². The molecule has 1 rings (SSSR count). The van der Waals surface area contributed by atoms with Crippen LogP contribution in [0.4, 0.5) is 4.39 Å². The number of rotatable bonds is 5. The van der Waals surface area contributed by atoms with Crippen molar-refractivity contribution >= 4 is 27.6 Å². The van der Waals surface area contributed by atoms with Crippen molar-refractivity contribution in [1.29, 1.82) is 0 Å². The standard InChI is InChI=1S/C10H11ClFNO5S/c1-18-10(15)7(5-14)13-19(16,17)8-4-2-3-6(11)9(8)12/h2-4,7,13-14H,5H2,1H3. The van der Waals surface area contributed by atoms with Gasteiger partial charge in [0.05, 0.1) is 18.7 Å². The van der Waals surface area contributed by atoms with Crippen LogP contribution >= 0.6 is 11.6 Å². The molecule has 6 nitrogen and oxygen atoms in total. The minimum absolute atomic E-state index is 0.374. The number of aliphatic hydroxyl groups excluding tert-OH is 1. The van der Waals surface area contributed by atoms with Gasteiger partial charge in [0.25, 0.3) is 0 Å². The highest BCUT2D eigenvalue weighted by Crippen LogP contribution is 2.21. The highest BCUT2D eigenvalue weighted by atomic mass is 35.5. The van der Waals surface area contributed by atoms with Crippen LogP contribution in [0.25, 0.3) is 0 Å². The molecule has 19 heavy (non-hydrogen) atoms. The molecule has 0 bridgehead atoms. The van der Waals surface area contributed by atoms with Crippen LogP contribution in [-0.2, 0) is 19.6 Å². The molecule has 2 N–H and O–H groups in total. The van der Waals surface area contributed by atoms with Crippen LogP contribution < -0.4 is 4.72 Å². The van der Waals surface area contributed by atoms with E-state index in [1.807, 2.05) is 4.72 Å². The number of ether oxygens (including phenoxy) is 1. The highest BCUT2D eigenvalue weighted by molar-refractivity contribution is 7.89. The molecule has 1 aromatic rings. The third-order valence-electron chi connectivity index (χ3n) is 2.17. The summed E-state index contributed by atoms with van der Waals surface area (Å²) in [6.07, 6.45) is 0. The van der Waals surface area contributed by atoms with Gasteiger partial charge in [0.1, 0.15) is 10.9 Å². The van der Waals surface area contributed by atoms with Crippen molar-refractivity contribution in [2.75, 3.05) is 13.7 Å². The molecular weight excluding hydrogens is 301 g/mol. The fourth-order valence-electron chi connectivity index (χ4n) is 1.24. The normalized spacial score (nSPS) is 13.1. The van der Waals surface area contributed by atoms with Gasteiger partial charge in [0.15, 0.2) is 5.82 Å². The Morgan fingerprint density at radius 1 is 1.58 bits per heavy atom. The fourth-order valence-corrected chi connectivity index (χ4v) is 2.75. The number of nitrogens with one attached hydrogen (secondary N) is 1. The summed E-state index contributed by atoms with van der Waals surface area (Å²) < 4.78 is 43.5. The first-order valence-electron chi connectivity index (χ1n) is 4.98. The van der Waals surface area contributed by atoms with E-state index in [2.05, 4.69) is 4.74 Å². The third kappa shape index (κ3) is 3.63. The highest BCUT2D eigenvalue weighted by Gasteiger charge is 2.28. The molecule has 0 heterocycles. The summed E-state index contributed by atoms with van der Waals surface area (Å²) in [5, 5.41) is 8.54. The molecular formula is C10H11ClFNO5S. The first-order chi connectivity index (χ1) is 8.83. The van der Waals surface area contributed by atoms with E-state index in [1.165, 1.54) is 12.1 Å². The Hall–Kier alpha value is -1.22. The molecule has 0 spiro atoms. The van der Waals surface area contributed by atoms with E-state index in [9.17, 15) is 17.6 Å².